The number of amides is 1. The van der Waals surface area contributed by atoms with Crippen LogP contribution in [-0.2, 0) is 4.79 Å². The van der Waals surface area contributed by atoms with E-state index >= 15 is 0 Å². The van der Waals surface area contributed by atoms with E-state index in [0.29, 0.717) is 23.8 Å². The summed E-state index contributed by atoms with van der Waals surface area (Å²) in [6.45, 7) is 1.73. The zero-order valence-electron chi connectivity index (χ0n) is 17.3. The fourth-order valence-corrected chi connectivity index (χ4v) is 3.55. The molecule has 0 aliphatic carbocycles. The molecule has 3 aromatic rings. The summed E-state index contributed by atoms with van der Waals surface area (Å²) in [5.41, 5.74) is 0.630. The van der Waals surface area contributed by atoms with E-state index in [1.54, 1.807) is 12.1 Å². The van der Waals surface area contributed by atoms with Gasteiger partial charge in [-0.1, -0.05) is 24.3 Å². The largest absolute Gasteiger partial charge is 0.457 e. The molecule has 2 aromatic carbocycles. The number of rotatable bonds is 8. The fraction of sp³-hybridized carbons (Fsp3) is 0.217. The summed E-state index contributed by atoms with van der Waals surface area (Å²) in [4.78, 5) is 28.9. The minimum absolute atomic E-state index is 0.0430. The molecule has 164 valence electrons. The van der Waals surface area contributed by atoms with Crippen molar-refractivity contribution in [3.8, 4) is 11.5 Å². The number of benzene rings is 2. The zero-order valence-corrected chi connectivity index (χ0v) is 17.3. The van der Waals surface area contributed by atoms with Crippen molar-refractivity contribution in [3.05, 3.63) is 83.0 Å². The van der Waals surface area contributed by atoms with E-state index in [2.05, 4.69) is 20.5 Å². The second kappa shape index (κ2) is 9.88. The smallest absolute Gasteiger partial charge is 0.287 e. The number of ether oxygens (including phenoxy) is 1. The molecule has 1 atom stereocenters. The van der Waals surface area contributed by atoms with Crippen LogP contribution in [0.5, 0.6) is 11.5 Å². The molecule has 9 heteroatoms. The maximum absolute atomic E-state index is 12.5. The minimum Gasteiger partial charge on any atom is -0.457 e. The number of pyridine rings is 1. The first-order valence-electron chi connectivity index (χ1n) is 10.3. The Labute approximate surface area is 185 Å². The van der Waals surface area contributed by atoms with Crippen molar-refractivity contribution in [2.45, 2.75) is 12.5 Å². The average Bonchev–Trinajstić information content (AvgIpc) is 3.21. The van der Waals surface area contributed by atoms with Crippen LogP contribution in [0.1, 0.15) is 6.42 Å². The second-order valence-electron chi connectivity index (χ2n) is 7.51. The lowest BCUT2D eigenvalue weighted by Crippen LogP contribution is -2.33. The third-order valence-electron chi connectivity index (χ3n) is 5.05. The Bertz CT molecular complexity index is 1080. The molecule has 1 amide bonds. The molecule has 1 aromatic heterocycles. The Morgan fingerprint density at radius 3 is 2.69 bits per heavy atom. The highest BCUT2D eigenvalue weighted by atomic mass is 16.6. The number of nitrogens with one attached hydrogen (secondary N) is 2. The third kappa shape index (κ3) is 5.79. The first kappa shape index (κ1) is 21.3. The first-order chi connectivity index (χ1) is 15.5. The summed E-state index contributed by atoms with van der Waals surface area (Å²) in [5, 5.41) is 16.9. The molecule has 2 N–H and O–H groups in total. The fourth-order valence-electron chi connectivity index (χ4n) is 3.55. The average molecular weight is 433 g/mol. The van der Waals surface area contributed by atoms with Gasteiger partial charge in [0.2, 0.25) is 5.91 Å². The maximum Gasteiger partial charge on any atom is 0.287 e. The van der Waals surface area contributed by atoms with Gasteiger partial charge in [0.05, 0.1) is 11.5 Å². The van der Waals surface area contributed by atoms with E-state index in [9.17, 15) is 14.9 Å². The summed E-state index contributed by atoms with van der Waals surface area (Å²) in [7, 11) is 0. The summed E-state index contributed by atoms with van der Waals surface area (Å²) in [6.07, 6.45) is 2.09. The number of hydrogen-bond acceptors (Lipinski definition) is 7. The topological polar surface area (TPSA) is 110 Å². The first-order valence-corrected chi connectivity index (χ1v) is 10.3. The van der Waals surface area contributed by atoms with E-state index in [4.69, 9.17) is 4.74 Å². The molecular formula is C23H23N5O4. The van der Waals surface area contributed by atoms with E-state index in [1.165, 1.54) is 12.3 Å². The Hall–Kier alpha value is -3.98. The van der Waals surface area contributed by atoms with Crippen molar-refractivity contribution in [1.29, 1.82) is 0 Å². The van der Waals surface area contributed by atoms with Crippen LogP contribution in [0.3, 0.4) is 0 Å². The van der Waals surface area contributed by atoms with Crippen LogP contribution in [0.4, 0.5) is 17.2 Å². The number of nitro groups is 1. The molecule has 2 heterocycles. The van der Waals surface area contributed by atoms with Crippen molar-refractivity contribution < 1.29 is 14.5 Å². The molecule has 0 radical (unpaired) electrons. The van der Waals surface area contributed by atoms with Crippen LogP contribution >= 0.6 is 0 Å². The molecule has 1 aliphatic heterocycles. The molecule has 0 bridgehead atoms. The quantitative estimate of drug-likeness (QED) is 0.409. The number of carbonyl (C=O) groups excluding carboxylic acids is 1. The summed E-state index contributed by atoms with van der Waals surface area (Å²) >= 11 is 0. The van der Waals surface area contributed by atoms with Crippen LogP contribution in [0.2, 0.25) is 0 Å². The summed E-state index contributed by atoms with van der Waals surface area (Å²) < 4.78 is 5.81. The molecule has 1 fully saturated rings. The van der Waals surface area contributed by atoms with Gasteiger partial charge in [0, 0.05) is 37.0 Å². The number of para-hydroxylation sites is 1. The molecule has 1 saturated heterocycles. The Balaban J connectivity index is 1.26. The van der Waals surface area contributed by atoms with Gasteiger partial charge in [-0.3, -0.25) is 19.8 Å². The van der Waals surface area contributed by atoms with Gasteiger partial charge in [-0.05, 0) is 36.8 Å². The van der Waals surface area contributed by atoms with Crippen LogP contribution in [-0.4, -0.2) is 46.4 Å². The monoisotopic (exact) mass is 433 g/mol. The Morgan fingerprint density at radius 2 is 1.94 bits per heavy atom. The maximum atomic E-state index is 12.5. The van der Waals surface area contributed by atoms with Crippen molar-refractivity contribution in [1.82, 2.24) is 9.88 Å². The van der Waals surface area contributed by atoms with Crippen LogP contribution in [0, 0.1) is 10.1 Å². The number of likely N-dealkylation sites (tertiary alicyclic amines) is 1. The van der Waals surface area contributed by atoms with Gasteiger partial charge in [-0.15, -0.1) is 0 Å². The van der Waals surface area contributed by atoms with Gasteiger partial charge in [0.25, 0.3) is 5.69 Å². The van der Waals surface area contributed by atoms with E-state index in [-0.39, 0.29) is 24.2 Å². The standard InChI is InChI=1S/C23H23N5O4/c29-23(26-17-5-4-8-21(13-17)32-20-6-2-1-3-7-20)16-27-12-11-18(15-27)25-22-10-9-19(14-24-22)28(30)31/h1-10,13-14,18H,11-12,15-16H2,(H,24,25)(H,26,29). The van der Waals surface area contributed by atoms with E-state index < -0.39 is 4.92 Å². The predicted octanol–water partition coefficient (Wildman–Crippen LogP) is 3.91. The molecule has 0 spiro atoms. The lowest BCUT2D eigenvalue weighted by Gasteiger charge is -2.17. The lowest BCUT2D eigenvalue weighted by molar-refractivity contribution is -0.385. The molecule has 9 nitrogen and oxygen atoms in total. The van der Waals surface area contributed by atoms with Crippen LogP contribution < -0.4 is 15.4 Å². The molecular weight excluding hydrogens is 410 g/mol. The predicted molar refractivity (Wildman–Crippen MR) is 121 cm³/mol. The van der Waals surface area contributed by atoms with Gasteiger partial charge in [-0.2, -0.15) is 0 Å². The van der Waals surface area contributed by atoms with Gasteiger partial charge in [0.1, 0.15) is 23.5 Å². The molecule has 4 rings (SSSR count). The van der Waals surface area contributed by atoms with Gasteiger partial charge >= 0.3 is 0 Å². The highest BCUT2D eigenvalue weighted by molar-refractivity contribution is 5.92. The number of anilines is 2. The Morgan fingerprint density at radius 1 is 1.12 bits per heavy atom. The van der Waals surface area contributed by atoms with E-state index in [1.807, 2.05) is 48.5 Å². The van der Waals surface area contributed by atoms with Crippen LogP contribution in [0.15, 0.2) is 72.9 Å². The number of carbonyl (C=O) groups is 1. The molecule has 1 aliphatic rings. The van der Waals surface area contributed by atoms with Crippen molar-refractivity contribution in [3.63, 3.8) is 0 Å². The number of aromatic nitrogens is 1. The summed E-state index contributed by atoms with van der Waals surface area (Å²) in [5.74, 6) is 1.86. The second-order valence-corrected chi connectivity index (χ2v) is 7.51. The highest BCUT2D eigenvalue weighted by Gasteiger charge is 2.24. The highest BCUT2D eigenvalue weighted by Crippen LogP contribution is 2.24. The Kier molecular flexibility index (Phi) is 6.57. The number of hydrogen-bond donors (Lipinski definition) is 2. The minimum atomic E-state index is -0.476. The molecule has 0 saturated carbocycles. The summed E-state index contributed by atoms with van der Waals surface area (Å²) in [6, 6.07) is 19.9. The van der Waals surface area contributed by atoms with Gasteiger partial charge < -0.3 is 15.4 Å². The van der Waals surface area contributed by atoms with Crippen molar-refractivity contribution >= 4 is 23.1 Å². The van der Waals surface area contributed by atoms with Gasteiger partial charge in [-0.25, -0.2) is 4.98 Å². The number of nitrogens with zero attached hydrogens (tertiary/aromatic N) is 3. The lowest BCUT2D eigenvalue weighted by atomic mass is 10.2. The zero-order chi connectivity index (χ0) is 22.3. The molecule has 32 heavy (non-hydrogen) atoms. The normalized spacial score (nSPS) is 15.8. The third-order valence-corrected chi connectivity index (χ3v) is 5.05. The van der Waals surface area contributed by atoms with Crippen LogP contribution in [0.25, 0.3) is 0 Å². The van der Waals surface area contributed by atoms with Crippen molar-refractivity contribution in [2.24, 2.45) is 0 Å². The SMILES string of the molecule is O=C(CN1CCC(Nc2ccc([N+](=O)[O-])cn2)C1)Nc1cccc(Oc2ccccc2)c1. The van der Waals surface area contributed by atoms with Gasteiger partial charge in [0.15, 0.2) is 0 Å². The molecule has 1 unspecified atom stereocenters. The van der Waals surface area contributed by atoms with Crippen molar-refractivity contribution in [2.75, 3.05) is 30.3 Å². The van der Waals surface area contributed by atoms with E-state index in [0.717, 1.165) is 18.7 Å².